The van der Waals surface area contributed by atoms with Gasteiger partial charge in [-0.2, -0.15) is 5.10 Å². The summed E-state index contributed by atoms with van der Waals surface area (Å²) >= 11 is 0. The van der Waals surface area contributed by atoms with Gasteiger partial charge < -0.3 is 0 Å². The summed E-state index contributed by atoms with van der Waals surface area (Å²) in [6.45, 7) is 3.63. The number of aryl methyl sites for hydroxylation is 4. The molecule has 0 saturated heterocycles. The number of hydrogen-bond donors (Lipinski definition) is 0. The fourth-order valence-electron chi connectivity index (χ4n) is 1.17. The zero-order valence-electron chi connectivity index (χ0n) is 10.8. The third-order valence-corrected chi connectivity index (χ3v) is 2.07. The molecule has 0 amide bonds. The smallest absolute Gasteiger partial charge is 0.299 e. The van der Waals surface area contributed by atoms with E-state index in [0.717, 1.165) is 11.4 Å². The fraction of sp³-hybridized carbons (Fsp3) is 0.364. The summed E-state index contributed by atoms with van der Waals surface area (Å²) in [7, 11) is 3.28. The molecule has 2 heterocycles. The van der Waals surface area contributed by atoms with Gasteiger partial charge in [0.1, 0.15) is 0 Å². The number of hydrogen-bond acceptors (Lipinski definition) is 5. The minimum atomic E-state index is -0.319. The van der Waals surface area contributed by atoms with Crippen molar-refractivity contribution in [2.24, 2.45) is 14.1 Å². The molecule has 0 saturated carbocycles. The molecule has 7 heteroatoms. The molecule has 0 atom stereocenters. The molecule has 2 rings (SSSR count). The molecule has 0 bridgehead atoms. The minimum absolute atomic E-state index is 0.0689. The molecule has 0 spiro atoms. The van der Waals surface area contributed by atoms with Crippen LogP contribution in [0.15, 0.2) is 27.9 Å². The monoisotopic (exact) mass is 249 g/mol. The average molecular weight is 249 g/mol. The first-order valence-electron chi connectivity index (χ1n) is 5.28. The van der Waals surface area contributed by atoms with Crippen LogP contribution < -0.4 is 11.2 Å². The highest BCUT2D eigenvalue weighted by atomic mass is 16.1. The second kappa shape index (κ2) is 5.85. The fourth-order valence-corrected chi connectivity index (χ4v) is 1.17. The van der Waals surface area contributed by atoms with E-state index in [-0.39, 0.29) is 11.2 Å². The maximum Gasteiger partial charge on any atom is 0.365 e. The Bertz CT molecular complexity index is 587. The Kier molecular flexibility index (Phi) is 4.47. The van der Waals surface area contributed by atoms with Gasteiger partial charge in [0.25, 0.3) is 5.56 Å². The molecule has 0 aliphatic rings. The highest BCUT2D eigenvalue weighted by molar-refractivity contribution is 4.96. The molecule has 0 aliphatic carbocycles. The lowest BCUT2D eigenvalue weighted by atomic mass is 10.4. The van der Waals surface area contributed by atoms with Crippen LogP contribution >= 0.6 is 0 Å². The van der Waals surface area contributed by atoms with Gasteiger partial charge in [0.15, 0.2) is 0 Å². The van der Waals surface area contributed by atoms with Gasteiger partial charge in [-0.1, -0.05) is 5.10 Å². The number of rotatable bonds is 0. The van der Waals surface area contributed by atoms with Crippen molar-refractivity contribution in [3.8, 4) is 0 Å². The van der Waals surface area contributed by atoms with Gasteiger partial charge in [0.05, 0.1) is 11.4 Å². The topological polar surface area (TPSA) is 82.7 Å². The zero-order valence-corrected chi connectivity index (χ0v) is 10.8. The van der Waals surface area contributed by atoms with Gasteiger partial charge in [0, 0.05) is 26.4 Å². The Balaban J connectivity index is 0.000000180. The molecule has 0 aliphatic heterocycles. The SMILES string of the molecule is Cc1ccc(=O)n(C)n1.Cc1cn(C)c(=O)nn1. The van der Waals surface area contributed by atoms with E-state index < -0.39 is 0 Å². The van der Waals surface area contributed by atoms with E-state index in [2.05, 4.69) is 15.3 Å². The minimum Gasteiger partial charge on any atom is -0.299 e. The Labute approximate surface area is 104 Å². The van der Waals surface area contributed by atoms with E-state index in [9.17, 15) is 9.59 Å². The summed E-state index contributed by atoms with van der Waals surface area (Å²) in [5.74, 6) is 0. The molecular formula is C11H15N5O2. The van der Waals surface area contributed by atoms with Crippen LogP contribution in [0.2, 0.25) is 0 Å². The predicted octanol–water partition coefficient (Wildman–Crippen LogP) is -0.428. The third-order valence-electron chi connectivity index (χ3n) is 2.07. The lowest BCUT2D eigenvalue weighted by Gasteiger charge is -1.93. The van der Waals surface area contributed by atoms with E-state index in [4.69, 9.17) is 0 Å². The van der Waals surface area contributed by atoms with E-state index >= 15 is 0 Å². The lowest BCUT2D eigenvalue weighted by Crippen LogP contribution is -2.20. The summed E-state index contributed by atoms with van der Waals surface area (Å²) in [5, 5.41) is 10.8. The average Bonchev–Trinajstić information content (AvgIpc) is 2.30. The summed E-state index contributed by atoms with van der Waals surface area (Å²) in [5.41, 5.74) is 1.22. The van der Waals surface area contributed by atoms with E-state index in [1.807, 2.05) is 6.92 Å². The first kappa shape index (κ1) is 13.8. The van der Waals surface area contributed by atoms with Crippen LogP contribution in [0.5, 0.6) is 0 Å². The van der Waals surface area contributed by atoms with Crippen LogP contribution in [-0.2, 0) is 14.1 Å². The van der Waals surface area contributed by atoms with E-state index in [0.29, 0.717) is 0 Å². The van der Waals surface area contributed by atoms with Crippen LogP contribution in [0.3, 0.4) is 0 Å². The molecule has 0 radical (unpaired) electrons. The van der Waals surface area contributed by atoms with Crippen LogP contribution in [0.4, 0.5) is 0 Å². The Hall–Kier alpha value is -2.31. The van der Waals surface area contributed by atoms with Crippen LogP contribution in [0, 0.1) is 13.8 Å². The Morgan fingerprint density at radius 1 is 1.00 bits per heavy atom. The standard InChI is InChI=1S/C6H8N2O.C5H7N3O/c1-5-3-4-6(9)8(2)7-5;1-4-3-8(2)5(9)7-6-4/h3-4H,1-2H3;3H,1-2H3. The largest absolute Gasteiger partial charge is 0.365 e. The van der Waals surface area contributed by atoms with Gasteiger partial charge in [-0.25, -0.2) is 9.48 Å². The van der Waals surface area contributed by atoms with Crippen molar-refractivity contribution in [3.05, 3.63) is 50.6 Å². The molecule has 7 nitrogen and oxygen atoms in total. The van der Waals surface area contributed by atoms with Crippen molar-refractivity contribution in [1.29, 1.82) is 0 Å². The van der Waals surface area contributed by atoms with E-state index in [1.165, 1.54) is 15.3 Å². The van der Waals surface area contributed by atoms with Crippen LogP contribution in [-0.4, -0.2) is 24.5 Å². The van der Waals surface area contributed by atoms with Crippen molar-refractivity contribution < 1.29 is 0 Å². The van der Waals surface area contributed by atoms with E-state index in [1.54, 1.807) is 33.3 Å². The Morgan fingerprint density at radius 3 is 2.11 bits per heavy atom. The second-order valence-corrected chi connectivity index (χ2v) is 3.80. The molecule has 18 heavy (non-hydrogen) atoms. The first-order valence-corrected chi connectivity index (χ1v) is 5.28. The molecule has 0 aromatic carbocycles. The highest BCUT2D eigenvalue weighted by Crippen LogP contribution is 1.81. The predicted molar refractivity (Wildman–Crippen MR) is 66.2 cm³/mol. The number of nitrogens with zero attached hydrogens (tertiary/aromatic N) is 5. The van der Waals surface area contributed by atoms with Gasteiger partial charge >= 0.3 is 5.69 Å². The second-order valence-electron chi connectivity index (χ2n) is 3.80. The first-order chi connectivity index (χ1) is 8.40. The quantitative estimate of drug-likeness (QED) is 0.633. The molecule has 96 valence electrons. The van der Waals surface area contributed by atoms with Crippen molar-refractivity contribution >= 4 is 0 Å². The lowest BCUT2D eigenvalue weighted by molar-refractivity contribution is 0.692. The molecular weight excluding hydrogens is 234 g/mol. The van der Waals surface area contributed by atoms with Crippen LogP contribution in [0.1, 0.15) is 11.4 Å². The van der Waals surface area contributed by atoms with Crippen molar-refractivity contribution in [3.63, 3.8) is 0 Å². The van der Waals surface area contributed by atoms with Gasteiger partial charge in [0.2, 0.25) is 0 Å². The molecule has 0 N–H and O–H groups in total. The van der Waals surface area contributed by atoms with Crippen molar-refractivity contribution in [1.82, 2.24) is 24.5 Å². The third kappa shape index (κ3) is 3.93. The maximum absolute atomic E-state index is 10.7. The van der Waals surface area contributed by atoms with Gasteiger partial charge in [-0.05, 0) is 19.9 Å². The van der Waals surface area contributed by atoms with Crippen molar-refractivity contribution in [2.45, 2.75) is 13.8 Å². The summed E-state index contributed by atoms with van der Waals surface area (Å²) in [6.07, 6.45) is 1.63. The molecule has 0 unspecified atom stereocenters. The normalized spacial score (nSPS) is 9.56. The maximum atomic E-state index is 10.7. The number of aromatic nitrogens is 5. The Morgan fingerprint density at radius 2 is 1.67 bits per heavy atom. The van der Waals surface area contributed by atoms with Crippen LogP contribution in [0.25, 0.3) is 0 Å². The highest BCUT2D eigenvalue weighted by Gasteiger charge is 1.89. The molecule has 0 fully saturated rings. The van der Waals surface area contributed by atoms with Gasteiger partial charge in [-0.15, -0.1) is 5.10 Å². The zero-order chi connectivity index (χ0) is 13.7. The van der Waals surface area contributed by atoms with Gasteiger partial charge in [-0.3, -0.25) is 9.36 Å². The summed E-state index contributed by atoms with van der Waals surface area (Å²) < 4.78 is 2.71. The molecule has 2 aromatic rings. The summed E-state index contributed by atoms with van der Waals surface area (Å²) in [4.78, 5) is 21.2. The summed E-state index contributed by atoms with van der Waals surface area (Å²) in [6, 6.07) is 3.20. The molecule has 2 aromatic heterocycles. The van der Waals surface area contributed by atoms with Crippen molar-refractivity contribution in [2.75, 3.05) is 0 Å².